The van der Waals surface area contributed by atoms with Crippen molar-refractivity contribution in [2.75, 3.05) is 20.0 Å². The van der Waals surface area contributed by atoms with E-state index in [1.807, 2.05) is 0 Å². The number of hydrogen-bond donors (Lipinski definition) is 2. The molecule has 0 bridgehead atoms. The summed E-state index contributed by atoms with van der Waals surface area (Å²) in [6.45, 7) is 1.71. The molecule has 7 nitrogen and oxygen atoms in total. The summed E-state index contributed by atoms with van der Waals surface area (Å²) >= 11 is 17.7. The maximum Gasteiger partial charge on any atom is 0.291 e. The normalized spacial score (nSPS) is 11.2. The number of rotatable bonds is 5. The Labute approximate surface area is 165 Å². The number of nitrogens with one attached hydrogen (secondary N) is 1. The van der Waals surface area contributed by atoms with Crippen LogP contribution in [0.3, 0.4) is 0 Å². The zero-order valence-corrected chi connectivity index (χ0v) is 16.3. The quantitative estimate of drug-likeness (QED) is 0.438. The molecule has 0 aliphatic rings. The molecule has 1 aromatic carbocycles. The van der Waals surface area contributed by atoms with Crippen molar-refractivity contribution in [3.8, 4) is 11.5 Å². The summed E-state index contributed by atoms with van der Waals surface area (Å²) in [6.07, 6.45) is 0. The zero-order valence-electron chi connectivity index (χ0n) is 14.1. The highest BCUT2D eigenvalue weighted by Crippen LogP contribution is 2.34. The molecule has 0 fully saturated rings. The number of hydrogen-bond acceptors (Lipinski definition) is 6. The van der Waals surface area contributed by atoms with Crippen molar-refractivity contribution in [3.05, 3.63) is 44.7 Å². The highest BCUT2D eigenvalue weighted by Gasteiger charge is 2.19. The minimum Gasteiger partial charge on any atom is -0.493 e. The number of pyridine rings is 1. The summed E-state index contributed by atoms with van der Waals surface area (Å²) in [5, 5.41) is 3.79. The summed E-state index contributed by atoms with van der Waals surface area (Å²) in [5.41, 5.74) is 9.08. The van der Waals surface area contributed by atoms with Gasteiger partial charge < -0.3 is 15.2 Å². The van der Waals surface area contributed by atoms with E-state index in [4.69, 9.17) is 50.0 Å². The third-order valence-corrected chi connectivity index (χ3v) is 4.55. The summed E-state index contributed by atoms with van der Waals surface area (Å²) in [5.74, 6) is 0.434. The monoisotopic (exact) mass is 416 g/mol. The van der Waals surface area contributed by atoms with Crippen LogP contribution < -0.4 is 20.6 Å². The average molecular weight is 418 g/mol. The number of methoxy groups -OCH3 is 2. The predicted molar refractivity (Wildman–Crippen MR) is 103 cm³/mol. The highest BCUT2D eigenvalue weighted by molar-refractivity contribution is 6.46. The first-order valence-electron chi connectivity index (χ1n) is 7.17. The number of carbonyl (C=O) groups excluding carboxylic acids is 1. The Morgan fingerprint density at radius 1 is 1.15 bits per heavy atom. The number of nitrogens with zero attached hydrogens (tertiary/aromatic N) is 2. The van der Waals surface area contributed by atoms with Gasteiger partial charge in [0.05, 0.1) is 30.6 Å². The second-order valence-electron chi connectivity index (χ2n) is 5.00. The second-order valence-corrected chi connectivity index (χ2v) is 6.11. The molecule has 138 valence electrons. The molecule has 0 saturated carbocycles. The molecule has 1 aromatic heterocycles. The fraction of sp³-hybridized carbons (Fsp3) is 0.188. The number of nitrogen functional groups attached to an aromatic ring is 1. The molecular weight excluding hydrogens is 403 g/mol. The lowest BCUT2D eigenvalue weighted by atomic mass is 10.1. The van der Waals surface area contributed by atoms with Crippen molar-refractivity contribution in [2.24, 2.45) is 5.10 Å². The third kappa shape index (κ3) is 4.12. The van der Waals surface area contributed by atoms with Crippen molar-refractivity contribution in [1.82, 2.24) is 10.4 Å². The van der Waals surface area contributed by atoms with E-state index in [2.05, 4.69) is 15.5 Å². The zero-order chi connectivity index (χ0) is 19.4. The topological polar surface area (TPSA) is 98.8 Å². The van der Waals surface area contributed by atoms with Gasteiger partial charge in [0.2, 0.25) is 0 Å². The number of nitrogens with two attached hydrogens (primary N) is 1. The van der Waals surface area contributed by atoms with Gasteiger partial charge in [-0.05, 0) is 25.1 Å². The molecule has 0 saturated heterocycles. The minimum atomic E-state index is -0.680. The van der Waals surface area contributed by atoms with Crippen LogP contribution in [0, 0.1) is 0 Å². The molecular formula is C16H15Cl3N4O3. The van der Waals surface area contributed by atoms with Crippen molar-refractivity contribution in [2.45, 2.75) is 6.92 Å². The maximum absolute atomic E-state index is 12.3. The molecule has 0 radical (unpaired) electrons. The standard InChI is InChI=1S/C16H15Cl3N4O3/c1-7(8-4-5-9(25-2)10(6-8)26-3)22-23-16(24)14-11(17)13(20)12(18)15(19)21-14/h4-6H,1-3H3,(H2,20,21)(H,23,24)/b22-7+. The minimum absolute atomic E-state index is 0.0155. The molecule has 0 spiro atoms. The number of hydrazone groups is 1. The number of amides is 1. The van der Waals surface area contributed by atoms with Crippen LogP contribution in [-0.2, 0) is 0 Å². The lowest BCUT2D eigenvalue weighted by Crippen LogP contribution is -2.21. The summed E-state index contributed by atoms with van der Waals surface area (Å²) in [4.78, 5) is 16.1. The van der Waals surface area contributed by atoms with Crippen LogP contribution in [0.15, 0.2) is 23.3 Å². The van der Waals surface area contributed by atoms with Gasteiger partial charge in [-0.2, -0.15) is 5.10 Å². The largest absolute Gasteiger partial charge is 0.493 e. The first-order valence-corrected chi connectivity index (χ1v) is 8.30. The van der Waals surface area contributed by atoms with Crippen LogP contribution in [0.4, 0.5) is 5.69 Å². The highest BCUT2D eigenvalue weighted by atomic mass is 35.5. The van der Waals surface area contributed by atoms with Crippen molar-refractivity contribution in [1.29, 1.82) is 0 Å². The molecule has 2 aromatic rings. The van der Waals surface area contributed by atoms with Gasteiger partial charge in [0.25, 0.3) is 5.91 Å². The van der Waals surface area contributed by atoms with E-state index in [0.717, 1.165) is 5.56 Å². The van der Waals surface area contributed by atoms with E-state index >= 15 is 0 Å². The van der Waals surface area contributed by atoms with Gasteiger partial charge in [-0.15, -0.1) is 0 Å². The van der Waals surface area contributed by atoms with E-state index in [9.17, 15) is 4.79 Å². The van der Waals surface area contributed by atoms with Gasteiger partial charge in [0.15, 0.2) is 22.3 Å². The summed E-state index contributed by atoms with van der Waals surface area (Å²) < 4.78 is 10.4. The average Bonchev–Trinajstić information content (AvgIpc) is 2.66. The Morgan fingerprint density at radius 2 is 1.81 bits per heavy atom. The molecule has 0 atom stereocenters. The summed E-state index contributed by atoms with van der Waals surface area (Å²) in [6, 6.07) is 5.23. The first-order chi connectivity index (χ1) is 12.3. The Kier molecular flexibility index (Phi) is 6.52. The molecule has 1 amide bonds. The van der Waals surface area contributed by atoms with E-state index in [1.165, 1.54) is 7.11 Å². The Bertz CT molecular complexity index is 888. The van der Waals surface area contributed by atoms with E-state index in [1.54, 1.807) is 32.2 Å². The van der Waals surface area contributed by atoms with Gasteiger partial charge >= 0.3 is 0 Å². The van der Waals surface area contributed by atoms with Gasteiger partial charge in [-0.3, -0.25) is 4.79 Å². The van der Waals surface area contributed by atoms with Crippen LogP contribution in [-0.4, -0.2) is 30.8 Å². The van der Waals surface area contributed by atoms with Crippen molar-refractivity contribution in [3.63, 3.8) is 0 Å². The van der Waals surface area contributed by atoms with Gasteiger partial charge in [0, 0.05) is 5.56 Å². The smallest absolute Gasteiger partial charge is 0.291 e. The fourth-order valence-corrected chi connectivity index (χ4v) is 2.59. The molecule has 26 heavy (non-hydrogen) atoms. The van der Waals surface area contributed by atoms with Crippen molar-refractivity contribution < 1.29 is 14.3 Å². The van der Waals surface area contributed by atoms with Crippen LogP contribution in [0.5, 0.6) is 11.5 Å². The second kappa shape index (κ2) is 8.44. The van der Waals surface area contributed by atoms with Gasteiger partial charge in [0.1, 0.15) is 5.02 Å². The number of anilines is 1. The lowest BCUT2D eigenvalue weighted by Gasteiger charge is -2.10. The van der Waals surface area contributed by atoms with Crippen LogP contribution in [0.25, 0.3) is 0 Å². The Balaban J connectivity index is 2.25. The Morgan fingerprint density at radius 3 is 2.42 bits per heavy atom. The molecule has 0 aliphatic heterocycles. The number of aromatic nitrogens is 1. The lowest BCUT2D eigenvalue weighted by molar-refractivity contribution is 0.0950. The fourth-order valence-electron chi connectivity index (χ4n) is 2.00. The van der Waals surface area contributed by atoms with Crippen LogP contribution >= 0.6 is 34.8 Å². The van der Waals surface area contributed by atoms with Crippen LogP contribution in [0.1, 0.15) is 23.0 Å². The van der Waals surface area contributed by atoms with E-state index in [0.29, 0.717) is 17.2 Å². The van der Waals surface area contributed by atoms with Crippen molar-refractivity contribution >= 4 is 52.1 Å². The van der Waals surface area contributed by atoms with E-state index < -0.39 is 5.91 Å². The number of benzene rings is 1. The molecule has 1 heterocycles. The number of ether oxygens (including phenoxy) is 2. The van der Waals surface area contributed by atoms with E-state index in [-0.39, 0.29) is 26.6 Å². The van der Waals surface area contributed by atoms with Gasteiger partial charge in [-0.25, -0.2) is 10.4 Å². The molecule has 0 unspecified atom stereocenters. The first kappa shape index (κ1) is 20.1. The number of halogens is 3. The molecule has 0 aliphatic carbocycles. The third-order valence-electron chi connectivity index (χ3n) is 3.41. The summed E-state index contributed by atoms with van der Waals surface area (Å²) in [7, 11) is 3.07. The maximum atomic E-state index is 12.3. The SMILES string of the molecule is COc1ccc(/C(C)=N/NC(=O)c2nc(Cl)c(Cl)c(N)c2Cl)cc1OC. The van der Waals surface area contributed by atoms with Gasteiger partial charge in [-0.1, -0.05) is 34.8 Å². The number of carbonyl (C=O) groups is 1. The molecule has 10 heteroatoms. The molecule has 2 rings (SSSR count). The molecule has 3 N–H and O–H groups in total. The predicted octanol–water partition coefficient (Wildman–Crippen LogP) is 3.80. The Hall–Kier alpha value is -2.22. The van der Waals surface area contributed by atoms with Crippen LogP contribution in [0.2, 0.25) is 15.2 Å².